The third-order valence-electron chi connectivity index (χ3n) is 2.18. The van der Waals surface area contributed by atoms with E-state index in [0.29, 0.717) is 0 Å². The Labute approximate surface area is 125 Å². The van der Waals surface area contributed by atoms with Crippen LogP contribution in [-0.4, -0.2) is 27.5 Å². The molecule has 0 unspecified atom stereocenters. The fourth-order valence-electron chi connectivity index (χ4n) is 1.21. The predicted molar refractivity (Wildman–Crippen MR) is 81.4 cm³/mol. The maximum atomic E-state index is 8.74. The van der Waals surface area contributed by atoms with Gasteiger partial charge in [0.25, 0.3) is 0 Å². The fraction of sp³-hybridized carbons (Fsp3) is 0.286. The Bertz CT molecular complexity index is 527. The minimum atomic E-state index is -4.67. The first kappa shape index (κ1) is 19.2. The van der Waals surface area contributed by atoms with Crippen molar-refractivity contribution in [1.82, 2.24) is 9.97 Å². The zero-order valence-electron chi connectivity index (χ0n) is 12.0. The highest BCUT2D eigenvalue weighted by Gasteiger charge is 1.85. The molecule has 7 heteroatoms. The molecular formula is C14H20N2O4S. The average Bonchev–Trinajstić information content (AvgIpc) is 2.48. The van der Waals surface area contributed by atoms with Crippen molar-refractivity contribution >= 4 is 10.4 Å². The minimum absolute atomic E-state index is 1.03. The lowest BCUT2D eigenvalue weighted by molar-refractivity contribution is 0.381. The molecule has 0 saturated heterocycles. The number of hydrogen-bond acceptors (Lipinski definition) is 4. The summed E-state index contributed by atoms with van der Waals surface area (Å²) < 4.78 is 31.6. The molecule has 2 aromatic rings. The van der Waals surface area contributed by atoms with Crippen molar-refractivity contribution < 1.29 is 17.5 Å². The van der Waals surface area contributed by atoms with E-state index in [1.165, 1.54) is 0 Å². The van der Waals surface area contributed by atoms with Crippen LogP contribution in [0.25, 0.3) is 0 Å². The number of rotatable bonds is 2. The van der Waals surface area contributed by atoms with E-state index in [2.05, 4.69) is 23.8 Å². The van der Waals surface area contributed by atoms with Gasteiger partial charge in [0.05, 0.1) is 0 Å². The maximum absolute atomic E-state index is 8.74. The second-order valence-corrected chi connectivity index (χ2v) is 4.69. The first-order valence-corrected chi connectivity index (χ1v) is 7.76. The van der Waals surface area contributed by atoms with E-state index in [-0.39, 0.29) is 0 Å². The second kappa shape index (κ2) is 10.9. The number of pyridine rings is 2. The smallest absolute Gasteiger partial charge is 0.264 e. The summed E-state index contributed by atoms with van der Waals surface area (Å²) in [4.78, 5) is 8.19. The Hall–Kier alpha value is -1.83. The molecule has 116 valence electrons. The van der Waals surface area contributed by atoms with Crippen LogP contribution in [0.1, 0.15) is 25.2 Å². The highest BCUT2D eigenvalue weighted by Crippen LogP contribution is 1.92. The molecule has 0 amide bonds. The lowest BCUT2D eigenvalue weighted by Crippen LogP contribution is -1.89. The fourth-order valence-corrected chi connectivity index (χ4v) is 1.21. The monoisotopic (exact) mass is 312 g/mol. The Morgan fingerprint density at radius 3 is 1.33 bits per heavy atom. The van der Waals surface area contributed by atoms with Crippen molar-refractivity contribution in [2.75, 3.05) is 0 Å². The van der Waals surface area contributed by atoms with Gasteiger partial charge in [-0.25, -0.2) is 0 Å². The lowest BCUT2D eigenvalue weighted by atomic mass is 10.3. The van der Waals surface area contributed by atoms with Gasteiger partial charge in [-0.2, -0.15) is 8.42 Å². The summed E-state index contributed by atoms with van der Waals surface area (Å²) in [5, 5.41) is 0. The molecule has 0 spiro atoms. The largest absolute Gasteiger partial charge is 0.394 e. The third kappa shape index (κ3) is 14.4. The van der Waals surface area contributed by atoms with Gasteiger partial charge in [0, 0.05) is 23.8 Å². The lowest BCUT2D eigenvalue weighted by Gasteiger charge is -1.88. The van der Waals surface area contributed by atoms with Gasteiger partial charge < -0.3 is 0 Å². The third-order valence-corrected chi connectivity index (χ3v) is 2.18. The molecule has 0 aromatic carbocycles. The van der Waals surface area contributed by atoms with E-state index in [0.717, 1.165) is 24.2 Å². The van der Waals surface area contributed by atoms with Crippen LogP contribution >= 0.6 is 0 Å². The van der Waals surface area contributed by atoms with E-state index >= 15 is 0 Å². The van der Waals surface area contributed by atoms with Crippen LogP contribution in [0.2, 0.25) is 0 Å². The standard InChI is InChI=1S/2C7H9N.H2O4S/c2*1-2-7-5-3-4-6-8-7;1-5(2,3)4/h2*3-6H,2H2,1H3;(H2,1,2,3,4). The summed E-state index contributed by atoms with van der Waals surface area (Å²) in [7, 11) is -4.67. The van der Waals surface area contributed by atoms with Crippen molar-refractivity contribution in [1.29, 1.82) is 0 Å². The molecule has 0 bridgehead atoms. The Morgan fingerprint density at radius 2 is 1.19 bits per heavy atom. The summed E-state index contributed by atoms with van der Waals surface area (Å²) in [5.74, 6) is 0. The first-order valence-electron chi connectivity index (χ1n) is 6.36. The molecule has 0 aliphatic heterocycles. The number of aryl methyl sites for hydroxylation is 2. The second-order valence-electron chi connectivity index (χ2n) is 3.80. The van der Waals surface area contributed by atoms with Gasteiger partial charge in [0.2, 0.25) is 0 Å². The van der Waals surface area contributed by atoms with Gasteiger partial charge >= 0.3 is 10.4 Å². The molecule has 21 heavy (non-hydrogen) atoms. The topological polar surface area (TPSA) is 100 Å². The van der Waals surface area contributed by atoms with E-state index in [1.54, 1.807) is 0 Å². The van der Waals surface area contributed by atoms with Gasteiger partial charge in [-0.15, -0.1) is 0 Å². The predicted octanol–water partition coefficient (Wildman–Crippen LogP) is 2.64. The average molecular weight is 312 g/mol. The van der Waals surface area contributed by atoms with Crippen LogP contribution in [0.15, 0.2) is 48.8 Å². The van der Waals surface area contributed by atoms with E-state index < -0.39 is 10.4 Å². The van der Waals surface area contributed by atoms with Gasteiger partial charge in [-0.05, 0) is 37.1 Å². The van der Waals surface area contributed by atoms with Crippen LogP contribution in [0, 0.1) is 0 Å². The van der Waals surface area contributed by atoms with Crippen molar-refractivity contribution in [3.63, 3.8) is 0 Å². The molecular weight excluding hydrogens is 292 g/mol. The van der Waals surface area contributed by atoms with Crippen LogP contribution in [0.4, 0.5) is 0 Å². The van der Waals surface area contributed by atoms with E-state index in [4.69, 9.17) is 17.5 Å². The van der Waals surface area contributed by atoms with Gasteiger partial charge in [0.15, 0.2) is 0 Å². The zero-order chi connectivity index (χ0) is 16.1. The SMILES string of the molecule is CCc1ccccn1.CCc1ccccn1.O=S(=O)(O)O. The number of hydrogen-bond donors (Lipinski definition) is 2. The Balaban J connectivity index is 0.000000296. The van der Waals surface area contributed by atoms with Gasteiger partial charge in [-0.3, -0.25) is 19.1 Å². The summed E-state index contributed by atoms with van der Waals surface area (Å²) in [5.41, 5.74) is 2.32. The summed E-state index contributed by atoms with van der Waals surface area (Å²) in [6, 6.07) is 11.9. The minimum Gasteiger partial charge on any atom is -0.264 e. The summed E-state index contributed by atoms with van der Waals surface area (Å²) in [6.45, 7) is 4.20. The summed E-state index contributed by atoms with van der Waals surface area (Å²) >= 11 is 0. The maximum Gasteiger partial charge on any atom is 0.394 e. The van der Waals surface area contributed by atoms with Crippen molar-refractivity contribution in [3.8, 4) is 0 Å². The van der Waals surface area contributed by atoms with Crippen molar-refractivity contribution in [2.45, 2.75) is 26.7 Å². The van der Waals surface area contributed by atoms with E-state index in [1.807, 2.05) is 48.8 Å². The number of aromatic nitrogens is 2. The van der Waals surface area contributed by atoms with Crippen molar-refractivity contribution in [3.05, 3.63) is 60.2 Å². The molecule has 2 heterocycles. The molecule has 0 aliphatic rings. The molecule has 0 radical (unpaired) electrons. The quantitative estimate of drug-likeness (QED) is 0.827. The molecule has 2 rings (SSSR count). The molecule has 0 fully saturated rings. The highest BCUT2D eigenvalue weighted by molar-refractivity contribution is 7.79. The van der Waals surface area contributed by atoms with Crippen molar-refractivity contribution in [2.24, 2.45) is 0 Å². The van der Waals surface area contributed by atoms with E-state index in [9.17, 15) is 0 Å². The van der Waals surface area contributed by atoms with Gasteiger partial charge in [-0.1, -0.05) is 26.0 Å². The number of nitrogens with zero attached hydrogens (tertiary/aromatic N) is 2. The highest BCUT2D eigenvalue weighted by atomic mass is 32.3. The summed E-state index contributed by atoms with van der Waals surface area (Å²) in [6.07, 6.45) is 5.69. The molecule has 6 nitrogen and oxygen atoms in total. The molecule has 2 aromatic heterocycles. The molecule has 0 saturated carbocycles. The molecule has 0 aliphatic carbocycles. The van der Waals surface area contributed by atoms with Gasteiger partial charge in [0.1, 0.15) is 0 Å². The Morgan fingerprint density at radius 1 is 0.857 bits per heavy atom. The van der Waals surface area contributed by atoms with Crippen LogP contribution in [0.3, 0.4) is 0 Å². The van der Waals surface area contributed by atoms with Crippen LogP contribution in [0.5, 0.6) is 0 Å². The molecule has 2 N–H and O–H groups in total. The van der Waals surface area contributed by atoms with Crippen LogP contribution < -0.4 is 0 Å². The Kier molecular flexibility index (Phi) is 9.95. The zero-order valence-corrected chi connectivity index (χ0v) is 12.9. The normalized spacial score (nSPS) is 9.71. The molecule has 0 atom stereocenters. The first-order chi connectivity index (χ1) is 9.86. The van der Waals surface area contributed by atoms with Crippen LogP contribution in [-0.2, 0) is 23.2 Å².